The molecule has 0 aliphatic carbocycles. The Kier molecular flexibility index (Phi) is 6.41. The second-order valence-electron chi connectivity index (χ2n) is 3.90. The van der Waals surface area contributed by atoms with Crippen LogP contribution in [0.3, 0.4) is 0 Å². The van der Waals surface area contributed by atoms with Crippen LogP contribution in [0, 0.1) is 1.81 Å². The molecule has 1 unspecified atom stereocenters. The number of hydrogen-bond acceptors (Lipinski definition) is 1. The van der Waals surface area contributed by atoms with Gasteiger partial charge in [0.05, 0.1) is 0 Å². The van der Waals surface area contributed by atoms with E-state index < -0.39 is 0 Å². The third-order valence-electron chi connectivity index (χ3n) is 2.76. The van der Waals surface area contributed by atoms with Crippen molar-refractivity contribution in [3.8, 4) is 0 Å². The van der Waals surface area contributed by atoms with Gasteiger partial charge in [-0.25, -0.2) is 0 Å². The van der Waals surface area contributed by atoms with Crippen LogP contribution in [0.1, 0.15) is 30.1 Å². The minimum atomic E-state index is 0.569. The maximum absolute atomic E-state index is 5.81. The molecule has 0 radical (unpaired) electrons. The summed E-state index contributed by atoms with van der Waals surface area (Å²) < 4.78 is 11.1. The maximum atomic E-state index is 5.81. The Morgan fingerprint density at radius 1 is 1.44 bits per heavy atom. The van der Waals surface area contributed by atoms with Gasteiger partial charge < -0.3 is 0 Å². The molecule has 0 amide bonds. The number of aryl methyl sites for hydroxylation is 1. The molecule has 1 aromatic rings. The average molecular weight is 480 g/mol. The SMILES string of the molecule is C[Se]c1[se]c(=[Se])[se]c1CCC1CCCCO1. The zero-order valence-corrected chi connectivity index (χ0v) is 16.2. The fraction of sp³-hybridized carbons (Fsp3) is 0.727. The van der Waals surface area contributed by atoms with Gasteiger partial charge in [0.1, 0.15) is 0 Å². The van der Waals surface area contributed by atoms with E-state index in [9.17, 15) is 0 Å². The van der Waals surface area contributed by atoms with Crippen molar-refractivity contribution >= 4 is 62.9 Å². The molecule has 0 bridgehead atoms. The van der Waals surface area contributed by atoms with E-state index in [1.165, 1.54) is 32.1 Å². The van der Waals surface area contributed by atoms with E-state index in [0.717, 1.165) is 36.1 Å². The first-order chi connectivity index (χ1) is 7.79. The van der Waals surface area contributed by atoms with E-state index in [1.54, 1.807) is 1.81 Å². The normalized spacial score (nSPS) is 21.2. The summed E-state index contributed by atoms with van der Waals surface area (Å²) >= 11 is 5.44. The molecular weight excluding hydrogens is 464 g/mol. The van der Waals surface area contributed by atoms with Gasteiger partial charge in [-0.05, 0) is 0 Å². The molecule has 0 spiro atoms. The molecule has 0 aromatic carbocycles. The first kappa shape index (κ1) is 14.1. The summed E-state index contributed by atoms with van der Waals surface area (Å²) in [6, 6.07) is 0. The number of hydrogen-bond donors (Lipinski definition) is 0. The standard InChI is InChI=1S/C11H16OSe4/c1-14-10-9(15-11(13)16-10)6-5-8-4-2-3-7-12-8/h8H,2-7H2,1H3. The Balaban J connectivity index is 1.90. The molecule has 90 valence electrons. The summed E-state index contributed by atoms with van der Waals surface area (Å²) in [6.45, 7) is 1.00. The Morgan fingerprint density at radius 2 is 2.31 bits per heavy atom. The van der Waals surface area contributed by atoms with Gasteiger partial charge >= 0.3 is 124 Å². The van der Waals surface area contributed by atoms with Crippen LogP contribution in [0.4, 0.5) is 0 Å². The summed E-state index contributed by atoms with van der Waals surface area (Å²) in [5.74, 6) is 2.37. The Hall–Kier alpha value is 1.65. The molecule has 16 heavy (non-hydrogen) atoms. The fourth-order valence-electron chi connectivity index (χ4n) is 1.93. The van der Waals surface area contributed by atoms with Gasteiger partial charge in [-0.2, -0.15) is 0 Å². The van der Waals surface area contributed by atoms with Gasteiger partial charge in [-0.3, -0.25) is 0 Å². The van der Waals surface area contributed by atoms with Crippen LogP contribution in [-0.4, -0.2) is 72.3 Å². The second-order valence-corrected chi connectivity index (χ2v) is 16.2. The van der Waals surface area contributed by atoms with Crippen LogP contribution in [0.15, 0.2) is 0 Å². The molecule has 0 N–H and O–H groups in total. The molecular formula is C11H16OSe4. The average Bonchev–Trinajstić information content (AvgIpc) is 2.68. The van der Waals surface area contributed by atoms with E-state index in [-0.39, 0.29) is 0 Å². The summed E-state index contributed by atoms with van der Waals surface area (Å²) in [7, 11) is 0. The van der Waals surface area contributed by atoms with Crippen molar-refractivity contribution in [2.24, 2.45) is 0 Å². The molecule has 2 heterocycles. The zero-order valence-electron chi connectivity index (χ0n) is 9.36. The van der Waals surface area contributed by atoms with Crippen LogP contribution in [-0.2, 0) is 11.2 Å². The molecule has 1 aliphatic rings. The summed E-state index contributed by atoms with van der Waals surface area (Å²) in [5.41, 5.74) is 0. The van der Waals surface area contributed by atoms with Crippen LogP contribution in [0.2, 0.25) is 5.82 Å². The van der Waals surface area contributed by atoms with Crippen LogP contribution in [0.5, 0.6) is 0 Å². The molecule has 2 rings (SSSR count). The van der Waals surface area contributed by atoms with Crippen molar-refractivity contribution in [2.75, 3.05) is 6.61 Å². The Morgan fingerprint density at radius 3 is 3.00 bits per heavy atom. The summed E-state index contributed by atoms with van der Waals surface area (Å²) in [4.78, 5) is 0. The third-order valence-corrected chi connectivity index (χ3v) is 14.7. The van der Waals surface area contributed by atoms with Gasteiger partial charge in [-0.1, -0.05) is 0 Å². The predicted molar refractivity (Wildman–Crippen MR) is 72.5 cm³/mol. The van der Waals surface area contributed by atoms with Crippen molar-refractivity contribution in [3.05, 3.63) is 6.25 Å². The monoisotopic (exact) mass is 484 g/mol. The van der Waals surface area contributed by atoms with Crippen molar-refractivity contribution in [3.63, 3.8) is 0 Å². The van der Waals surface area contributed by atoms with Gasteiger partial charge in [0, 0.05) is 0 Å². The topological polar surface area (TPSA) is 9.23 Å². The Labute approximate surface area is 123 Å². The van der Waals surface area contributed by atoms with Gasteiger partial charge in [0.2, 0.25) is 0 Å². The van der Waals surface area contributed by atoms with Gasteiger partial charge in [-0.15, -0.1) is 0 Å². The summed E-state index contributed by atoms with van der Waals surface area (Å²) in [6.07, 6.45) is 7.12. The van der Waals surface area contributed by atoms with Gasteiger partial charge in [0.25, 0.3) is 0 Å². The molecule has 5 heteroatoms. The molecule has 1 nitrogen and oxygen atoms in total. The first-order valence-corrected chi connectivity index (χ1v) is 12.4. The Bertz CT molecular complexity index is 376. The first-order valence-electron chi connectivity index (χ1n) is 5.58. The van der Waals surface area contributed by atoms with Crippen LogP contribution in [0.25, 0.3) is 0 Å². The minimum absolute atomic E-state index is 0.569. The number of rotatable bonds is 4. The molecule has 1 saturated heterocycles. The summed E-state index contributed by atoms with van der Waals surface area (Å²) in [5, 5.41) is 0. The van der Waals surface area contributed by atoms with E-state index in [0.29, 0.717) is 20.6 Å². The van der Waals surface area contributed by atoms with Crippen molar-refractivity contribution in [1.29, 1.82) is 0 Å². The van der Waals surface area contributed by atoms with E-state index in [2.05, 4.69) is 21.4 Å². The van der Waals surface area contributed by atoms with E-state index in [1.807, 2.05) is 7.77 Å². The van der Waals surface area contributed by atoms with Crippen molar-refractivity contribution in [2.45, 2.75) is 44.0 Å². The predicted octanol–water partition coefficient (Wildman–Crippen LogP) is 0.380. The second kappa shape index (κ2) is 7.29. The molecule has 1 fully saturated rings. The van der Waals surface area contributed by atoms with E-state index in [4.69, 9.17) is 4.74 Å². The zero-order chi connectivity index (χ0) is 11.4. The van der Waals surface area contributed by atoms with Crippen LogP contribution < -0.4 is 3.34 Å². The number of ether oxygens (including phenoxy) is 1. The van der Waals surface area contributed by atoms with Crippen molar-refractivity contribution < 1.29 is 4.74 Å². The molecule has 0 saturated carbocycles. The molecule has 1 atom stereocenters. The van der Waals surface area contributed by atoms with Crippen molar-refractivity contribution in [1.82, 2.24) is 0 Å². The molecule has 1 aromatic heterocycles. The van der Waals surface area contributed by atoms with Crippen LogP contribution >= 0.6 is 0 Å². The quantitative estimate of drug-likeness (QED) is 0.567. The molecule has 1 aliphatic heterocycles. The third kappa shape index (κ3) is 4.09. The fourth-order valence-corrected chi connectivity index (χ4v) is 16.0. The van der Waals surface area contributed by atoms with E-state index >= 15 is 0 Å². The van der Waals surface area contributed by atoms with Gasteiger partial charge in [0.15, 0.2) is 0 Å².